The standard InChI is InChI=1S/C10H22ClNO/c1-2-13-10-6-9-12-8-5-3-4-7-11/h12H,2-10H2,1H3. The number of unbranched alkanes of at least 4 members (excludes halogenated alkanes) is 2. The van der Waals surface area contributed by atoms with Gasteiger partial charge in [-0.1, -0.05) is 6.42 Å². The third kappa shape index (κ3) is 12.2. The van der Waals surface area contributed by atoms with Gasteiger partial charge >= 0.3 is 0 Å². The Morgan fingerprint density at radius 3 is 2.54 bits per heavy atom. The minimum atomic E-state index is 0.796. The molecule has 0 aromatic heterocycles. The molecule has 80 valence electrons. The quantitative estimate of drug-likeness (QED) is 0.439. The van der Waals surface area contributed by atoms with Gasteiger partial charge in [0.25, 0.3) is 0 Å². The second kappa shape index (κ2) is 12.2. The van der Waals surface area contributed by atoms with Crippen molar-refractivity contribution >= 4 is 11.6 Å². The molecule has 0 spiro atoms. The summed E-state index contributed by atoms with van der Waals surface area (Å²) in [6.07, 6.45) is 4.73. The van der Waals surface area contributed by atoms with Crippen molar-refractivity contribution in [3.8, 4) is 0 Å². The zero-order chi connectivity index (χ0) is 9.78. The van der Waals surface area contributed by atoms with Crippen LogP contribution in [0.5, 0.6) is 0 Å². The zero-order valence-electron chi connectivity index (χ0n) is 8.65. The largest absolute Gasteiger partial charge is 0.382 e. The van der Waals surface area contributed by atoms with Gasteiger partial charge in [0.05, 0.1) is 0 Å². The summed E-state index contributed by atoms with van der Waals surface area (Å²) < 4.78 is 5.22. The van der Waals surface area contributed by atoms with Crippen LogP contribution in [-0.2, 0) is 4.74 Å². The van der Waals surface area contributed by atoms with Crippen LogP contribution in [0.15, 0.2) is 0 Å². The molecule has 0 aliphatic heterocycles. The first-order valence-electron chi connectivity index (χ1n) is 5.26. The summed E-state index contributed by atoms with van der Waals surface area (Å²) >= 11 is 5.56. The molecule has 0 aromatic carbocycles. The third-order valence-corrected chi connectivity index (χ3v) is 2.10. The van der Waals surface area contributed by atoms with Crippen LogP contribution in [0.3, 0.4) is 0 Å². The van der Waals surface area contributed by atoms with E-state index in [0.717, 1.165) is 45.0 Å². The van der Waals surface area contributed by atoms with Crippen LogP contribution in [0.2, 0.25) is 0 Å². The molecule has 0 radical (unpaired) electrons. The number of ether oxygens (including phenoxy) is 1. The molecule has 0 amide bonds. The zero-order valence-corrected chi connectivity index (χ0v) is 9.41. The van der Waals surface area contributed by atoms with Crippen LogP contribution in [0.4, 0.5) is 0 Å². The molecule has 2 nitrogen and oxygen atoms in total. The maximum Gasteiger partial charge on any atom is 0.0477 e. The monoisotopic (exact) mass is 207 g/mol. The first-order chi connectivity index (χ1) is 6.41. The predicted molar refractivity (Wildman–Crippen MR) is 58.6 cm³/mol. The number of hydrogen-bond acceptors (Lipinski definition) is 2. The Hall–Kier alpha value is 0.210. The van der Waals surface area contributed by atoms with Crippen LogP contribution in [-0.4, -0.2) is 32.2 Å². The summed E-state index contributed by atoms with van der Waals surface area (Å²) in [6.45, 7) is 5.92. The van der Waals surface area contributed by atoms with Crippen LogP contribution >= 0.6 is 11.6 Å². The Morgan fingerprint density at radius 2 is 1.85 bits per heavy atom. The summed E-state index contributed by atoms with van der Waals surface area (Å²) in [5.41, 5.74) is 0. The van der Waals surface area contributed by atoms with Gasteiger partial charge in [0.15, 0.2) is 0 Å². The van der Waals surface area contributed by atoms with Gasteiger partial charge in [-0.15, -0.1) is 11.6 Å². The van der Waals surface area contributed by atoms with Gasteiger partial charge in [-0.3, -0.25) is 0 Å². The molecule has 0 aliphatic rings. The van der Waals surface area contributed by atoms with E-state index in [9.17, 15) is 0 Å². The minimum absolute atomic E-state index is 0.796. The molecule has 1 N–H and O–H groups in total. The highest BCUT2D eigenvalue weighted by molar-refractivity contribution is 6.17. The number of nitrogens with one attached hydrogen (secondary N) is 1. The van der Waals surface area contributed by atoms with Gasteiger partial charge in [0.2, 0.25) is 0 Å². The lowest BCUT2D eigenvalue weighted by molar-refractivity contribution is 0.145. The molecule has 0 aliphatic carbocycles. The molecule has 0 atom stereocenters. The van der Waals surface area contributed by atoms with E-state index in [-0.39, 0.29) is 0 Å². The molecule has 0 saturated heterocycles. The van der Waals surface area contributed by atoms with E-state index in [0.29, 0.717) is 0 Å². The lowest BCUT2D eigenvalue weighted by Crippen LogP contribution is -2.18. The fourth-order valence-corrected chi connectivity index (χ4v) is 1.28. The highest BCUT2D eigenvalue weighted by Crippen LogP contribution is 1.95. The fourth-order valence-electron chi connectivity index (χ4n) is 1.09. The maximum atomic E-state index is 5.56. The van der Waals surface area contributed by atoms with Crippen LogP contribution in [0.25, 0.3) is 0 Å². The average Bonchev–Trinajstić information content (AvgIpc) is 2.16. The van der Waals surface area contributed by atoms with Crippen LogP contribution < -0.4 is 5.32 Å². The Kier molecular flexibility index (Phi) is 12.4. The van der Waals surface area contributed by atoms with Crippen molar-refractivity contribution < 1.29 is 4.74 Å². The molecule has 13 heavy (non-hydrogen) atoms. The Bertz CT molecular complexity index is 81.0. The molecular formula is C10H22ClNO. The average molecular weight is 208 g/mol. The highest BCUT2D eigenvalue weighted by Gasteiger charge is 1.89. The molecular weight excluding hydrogens is 186 g/mol. The lowest BCUT2D eigenvalue weighted by atomic mass is 10.2. The second-order valence-corrected chi connectivity index (χ2v) is 3.43. The van der Waals surface area contributed by atoms with Crippen molar-refractivity contribution in [2.45, 2.75) is 32.6 Å². The summed E-state index contributed by atoms with van der Waals surface area (Å²) in [5, 5.41) is 3.38. The van der Waals surface area contributed by atoms with Gasteiger partial charge in [-0.05, 0) is 39.3 Å². The van der Waals surface area contributed by atoms with Crippen molar-refractivity contribution in [3.05, 3.63) is 0 Å². The predicted octanol–water partition coefficient (Wildman–Crippen LogP) is 2.41. The van der Waals surface area contributed by atoms with Crippen molar-refractivity contribution in [1.29, 1.82) is 0 Å². The lowest BCUT2D eigenvalue weighted by Gasteiger charge is -2.04. The van der Waals surface area contributed by atoms with Crippen LogP contribution in [0.1, 0.15) is 32.6 Å². The molecule has 3 heteroatoms. The van der Waals surface area contributed by atoms with Gasteiger partial charge in [-0.2, -0.15) is 0 Å². The number of hydrogen-bond donors (Lipinski definition) is 1. The Labute approximate surface area is 87.0 Å². The number of alkyl halides is 1. The Morgan fingerprint density at radius 1 is 1.08 bits per heavy atom. The van der Waals surface area contributed by atoms with Crippen LogP contribution in [0, 0.1) is 0 Å². The molecule has 0 fully saturated rings. The molecule has 0 heterocycles. The molecule has 0 aromatic rings. The molecule has 0 unspecified atom stereocenters. The smallest absolute Gasteiger partial charge is 0.0477 e. The fraction of sp³-hybridized carbons (Fsp3) is 1.00. The van der Waals surface area contributed by atoms with Gasteiger partial charge in [0, 0.05) is 19.1 Å². The third-order valence-electron chi connectivity index (χ3n) is 1.83. The Balaban J connectivity index is 2.76. The van der Waals surface area contributed by atoms with Crippen molar-refractivity contribution in [1.82, 2.24) is 5.32 Å². The molecule has 0 bridgehead atoms. The summed E-state index contributed by atoms with van der Waals surface area (Å²) in [6, 6.07) is 0. The van der Waals surface area contributed by atoms with E-state index in [2.05, 4.69) is 5.32 Å². The minimum Gasteiger partial charge on any atom is -0.382 e. The topological polar surface area (TPSA) is 21.3 Å². The number of rotatable bonds is 10. The van der Waals surface area contributed by atoms with E-state index >= 15 is 0 Å². The highest BCUT2D eigenvalue weighted by atomic mass is 35.5. The maximum absolute atomic E-state index is 5.56. The number of halogens is 1. The van der Waals surface area contributed by atoms with Gasteiger partial charge < -0.3 is 10.1 Å². The normalized spacial score (nSPS) is 10.6. The second-order valence-electron chi connectivity index (χ2n) is 3.05. The van der Waals surface area contributed by atoms with E-state index in [1.54, 1.807) is 0 Å². The first-order valence-corrected chi connectivity index (χ1v) is 5.79. The van der Waals surface area contributed by atoms with E-state index in [1.165, 1.54) is 12.8 Å². The SMILES string of the molecule is CCOCCCNCCCCCCl. The van der Waals surface area contributed by atoms with Crippen molar-refractivity contribution in [3.63, 3.8) is 0 Å². The first kappa shape index (κ1) is 13.2. The van der Waals surface area contributed by atoms with Gasteiger partial charge in [0.1, 0.15) is 0 Å². The summed E-state index contributed by atoms with van der Waals surface area (Å²) in [4.78, 5) is 0. The van der Waals surface area contributed by atoms with Crippen molar-refractivity contribution in [2.75, 3.05) is 32.2 Å². The van der Waals surface area contributed by atoms with Crippen molar-refractivity contribution in [2.24, 2.45) is 0 Å². The van der Waals surface area contributed by atoms with Gasteiger partial charge in [-0.25, -0.2) is 0 Å². The molecule has 0 saturated carbocycles. The van der Waals surface area contributed by atoms with E-state index in [1.807, 2.05) is 6.92 Å². The summed E-state index contributed by atoms with van der Waals surface area (Å²) in [7, 11) is 0. The molecule has 0 rings (SSSR count). The van der Waals surface area contributed by atoms with E-state index < -0.39 is 0 Å². The van der Waals surface area contributed by atoms with E-state index in [4.69, 9.17) is 16.3 Å². The summed E-state index contributed by atoms with van der Waals surface area (Å²) in [5.74, 6) is 0.796.